The first-order valence-electron chi connectivity index (χ1n) is 36.8. The first-order valence-corrected chi connectivity index (χ1v) is 36.8. The number of nitrogens with zero attached hydrogens (tertiary/aromatic N) is 9. The van der Waals surface area contributed by atoms with E-state index < -0.39 is 0 Å². The number of hydrogen-bond donors (Lipinski definition) is 0. The van der Waals surface area contributed by atoms with Gasteiger partial charge in [0, 0.05) is 105 Å². The fourth-order valence-electron chi connectivity index (χ4n) is 11.9. The van der Waals surface area contributed by atoms with Crippen molar-refractivity contribution in [3.05, 3.63) is 440 Å². The second kappa shape index (κ2) is 40.7. The smallest absolute Gasteiger partial charge is 0.141 e. The lowest BCUT2D eigenvalue weighted by Crippen LogP contribution is -1.89. The topological polar surface area (TPSA) is 116 Å². The van der Waals surface area contributed by atoms with E-state index in [0.717, 1.165) is 78.7 Å². The van der Waals surface area contributed by atoms with Gasteiger partial charge in [0.2, 0.25) is 0 Å². The standard InChI is InChI=1S/C18H15N.C17H14N2.C12H10FN.2C12H11N.3C10H9N/c1-14-12-17(15-8-4-2-5-9-15)19-18(13-14)16-10-6-3-7-11-16;1-13-10-14(16-6-2-4-8-18-16)12-15(11-13)17-7-3-5-9-19-17;1-9-2-4-10(5-3-9)12-7-6-11(13)8-14-12;1-10-5-4-6-11(9-10)12-7-2-3-8-13-12;1-10-5-7-11(8-6-10)12-4-2-3-9-13-12;1-8-6-11-7-9-4-2-3-5-10(8)9;1-8-6-9-4-2-3-5-10(9)11-7-8;1-8-6-7-11-10-5-3-2-4-9(8)10/h2-13H,1H3;2-12H,1H3;2-8H,1H3;2*2-9H,1H3;3*2-7H,1H3. The van der Waals surface area contributed by atoms with Gasteiger partial charge in [-0.2, -0.15) is 0 Å². The third-order valence-corrected chi connectivity index (χ3v) is 17.6. The van der Waals surface area contributed by atoms with Gasteiger partial charge in [0.05, 0.1) is 57.1 Å². The van der Waals surface area contributed by atoms with Crippen molar-refractivity contribution in [1.82, 2.24) is 44.9 Å². The lowest BCUT2D eigenvalue weighted by molar-refractivity contribution is 0.622. The molecule has 10 heteroatoms. The van der Waals surface area contributed by atoms with Crippen molar-refractivity contribution < 1.29 is 4.39 Å². The predicted octanol–water partition coefficient (Wildman–Crippen LogP) is 25.8. The van der Waals surface area contributed by atoms with Crippen LogP contribution in [0.15, 0.2) is 389 Å². The minimum atomic E-state index is -0.305. The maximum absolute atomic E-state index is 12.6. The Morgan fingerprint density at radius 1 is 0.207 bits per heavy atom. The number of fused-ring (bicyclic) bond motifs is 3. The molecule has 18 rings (SSSR count). The molecule has 0 radical (unpaired) electrons. The average Bonchev–Trinajstić information content (AvgIpc) is 0.832. The van der Waals surface area contributed by atoms with Crippen molar-refractivity contribution in [2.75, 3.05) is 0 Å². The van der Waals surface area contributed by atoms with Crippen LogP contribution in [0.1, 0.15) is 44.5 Å². The molecular weight excluding hydrogens is 1360 g/mol. The highest BCUT2D eigenvalue weighted by molar-refractivity contribution is 5.84. The Labute approximate surface area is 651 Å². The van der Waals surface area contributed by atoms with Gasteiger partial charge in [0.25, 0.3) is 0 Å². The van der Waals surface area contributed by atoms with Gasteiger partial charge in [0.15, 0.2) is 0 Å². The van der Waals surface area contributed by atoms with Gasteiger partial charge >= 0.3 is 0 Å². The average molecular weight is 1450 g/mol. The van der Waals surface area contributed by atoms with Crippen LogP contribution in [-0.2, 0) is 0 Å². The Balaban J connectivity index is 0.000000127. The van der Waals surface area contributed by atoms with Gasteiger partial charge in [-0.1, -0.05) is 229 Å². The maximum Gasteiger partial charge on any atom is 0.141 e. The van der Waals surface area contributed by atoms with Crippen LogP contribution in [0.4, 0.5) is 4.39 Å². The van der Waals surface area contributed by atoms with Crippen LogP contribution >= 0.6 is 0 Å². The van der Waals surface area contributed by atoms with Crippen LogP contribution in [0.5, 0.6) is 0 Å². The van der Waals surface area contributed by atoms with E-state index in [-0.39, 0.29) is 5.82 Å². The van der Waals surface area contributed by atoms with Crippen LogP contribution < -0.4 is 0 Å². The van der Waals surface area contributed by atoms with Gasteiger partial charge in [-0.05, 0) is 210 Å². The van der Waals surface area contributed by atoms with Gasteiger partial charge in [-0.15, -0.1) is 0 Å². The molecule has 18 aromatic rings. The Morgan fingerprint density at radius 2 is 0.649 bits per heavy atom. The Hall–Kier alpha value is -14.0. The van der Waals surface area contributed by atoms with Crippen molar-refractivity contribution >= 4 is 32.6 Å². The molecule has 9 aromatic heterocycles. The number of aromatic nitrogens is 9. The largest absolute Gasteiger partial charge is 0.264 e. The fraction of sp³-hybridized carbons (Fsp3) is 0.0792. The molecule has 0 saturated carbocycles. The molecule has 0 spiro atoms. The van der Waals surface area contributed by atoms with E-state index in [1.54, 1.807) is 6.07 Å². The van der Waals surface area contributed by atoms with Crippen molar-refractivity contribution in [2.24, 2.45) is 0 Å². The van der Waals surface area contributed by atoms with Crippen LogP contribution in [0.25, 0.3) is 111 Å². The third kappa shape index (κ3) is 24.0. The number of halogens is 1. The molecule has 0 fully saturated rings. The highest BCUT2D eigenvalue weighted by Crippen LogP contribution is 2.28. The summed E-state index contributed by atoms with van der Waals surface area (Å²) < 4.78 is 12.6. The molecule has 0 aliphatic rings. The van der Waals surface area contributed by atoms with Gasteiger partial charge in [0.1, 0.15) is 5.82 Å². The molecule has 544 valence electrons. The van der Waals surface area contributed by atoms with E-state index in [0.29, 0.717) is 0 Å². The normalized spacial score (nSPS) is 10.2. The molecule has 0 aliphatic carbocycles. The molecule has 0 N–H and O–H groups in total. The van der Waals surface area contributed by atoms with E-state index in [9.17, 15) is 4.39 Å². The number of benzene rings is 9. The molecule has 0 atom stereocenters. The quantitative estimate of drug-likeness (QED) is 0.154. The zero-order chi connectivity index (χ0) is 77.4. The molecule has 0 aliphatic heterocycles. The first-order chi connectivity index (χ1) is 54.2. The molecule has 0 saturated heterocycles. The summed E-state index contributed by atoms with van der Waals surface area (Å²) in [4.78, 5) is 38.8. The summed E-state index contributed by atoms with van der Waals surface area (Å²) in [7, 11) is 0. The fourth-order valence-corrected chi connectivity index (χ4v) is 11.9. The Kier molecular flexibility index (Phi) is 28.6. The minimum absolute atomic E-state index is 0.305. The molecule has 111 heavy (non-hydrogen) atoms. The SMILES string of the molecule is Cc1cc(-c2ccccc2)nc(-c2ccccc2)c1.Cc1cc(-c2ccccn2)cc(-c2ccccn2)c1.Cc1ccc(-c2ccc(F)cn2)cc1.Cc1ccc(-c2ccccn2)cc1.Cc1cccc(-c2ccccn2)c1.Cc1ccnc2ccccc12.Cc1cnc2ccccc2c1.Cc1cncc2ccccc12. The van der Waals surface area contributed by atoms with E-state index in [2.05, 4.69) is 228 Å². The summed E-state index contributed by atoms with van der Waals surface area (Å²) in [6, 6.07) is 112. The van der Waals surface area contributed by atoms with Crippen molar-refractivity contribution in [3.8, 4) is 78.8 Å². The maximum atomic E-state index is 12.6. The van der Waals surface area contributed by atoms with Gasteiger partial charge in [-0.25, -0.2) is 9.37 Å². The summed E-state index contributed by atoms with van der Waals surface area (Å²) in [6.07, 6.45) is 16.0. The van der Waals surface area contributed by atoms with E-state index in [1.807, 2.05) is 238 Å². The highest BCUT2D eigenvalue weighted by Gasteiger charge is 2.08. The minimum Gasteiger partial charge on any atom is -0.264 e. The summed E-state index contributed by atoms with van der Waals surface area (Å²) >= 11 is 0. The molecule has 9 nitrogen and oxygen atoms in total. The summed E-state index contributed by atoms with van der Waals surface area (Å²) in [5, 5.41) is 4.97. The van der Waals surface area contributed by atoms with Crippen LogP contribution in [0.2, 0.25) is 0 Å². The molecule has 0 amide bonds. The number of para-hydroxylation sites is 2. The predicted molar refractivity (Wildman–Crippen MR) is 460 cm³/mol. The van der Waals surface area contributed by atoms with Crippen molar-refractivity contribution in [3.63, 3.8) is 0 Å². The third-order valence-electron chi connectivity index (χ3n) is 17.6. The van der Waals surface area contributed by atoms with Gasteiger partial charge < -0.3 is 0 Å². The number of rotatable bonds is 7. The van der Waals surface area contributed by atoms with E-state index in [4.69, 9.17) is 4.98 Å². The molecular formula is C101H88FN9. The molecule has 0 unspecified atom stereocenters. The Bertz CT molecular complexity index is 5460. The second-order valence-corrected chi connectivity index (χ2v) is 26.6. The monoisotopic (exact) mass is 1450 g/mol. The molecule has 9 heterocycles. The summed E-state index contributed by atoms with van der Waals surface area (Å²) in [5.41, 5.74) is 26.9. The summed E-state index contributed by atoms with van der Waals surface area (Å²) in [6.45, 7) is 16.6. The first kappa shape index (κ1) is 78.1. The second-order valence-electron chi connectivity index (χ2n) is 26.6. The molecule has 9 aromatic carbocycles. The van der Waals surface area contributed by atoms with Crippen molar-refractivity contribution in [2.45, 2.75) is 55.4 Å². The highest BCUT2D eigenvalue weighted by atomic mass is 19.1. The molecule has 0 bridgehead atoms. The zero-order valence-corrected chi connectivity index (χ0v) is 63.9. The van der Waals surface area contributed by atoms with Crippen LogP contribution in [0, 0.1) is 61.2 Å². The number of pyridine rings is 9. The van der Waals surface area contributed by atoms with E-state index in [1.165, 1.54) is 89.4 Å². The van der Waals surface area contributed by atoms with E-state index >= 15 is 0 Å². The number of aryl methyl sites for hydroxylation is 8. The van der Waals surface area contributed by atoms with Crippen LogP contribution in [0.3, 0.4) is 0 Å². The lowest BCUT2D eigenvalue weighted by atomic mass is 10.0. The van der Waals surface area contributed by atoms with Crippen molar-refractivity contribution in [1.29, 1.82) is 0 Å². The van der Waals surface area contributed by atoms with Gasteiger partial charge in [-0.3, -0.25) is 39.9 Å². The van der Waals surface area contributed by atoms with Crippen LogP contribution in [-0.4, -0.2) is 44.9 Å². The zero-order valence-electron chi connectivity index (χ0n) is 63.9. The Morgan fingerprint density at radius 3 is 1.15 bits per heavy atom. The lowest BCUT2D eigenvalue weighted by Gasteiger charge is -2.07. The number of hydrogen-bond acceptors (Lipinski definition) is 9. The summed E-state index contributed by atoms with van der Waals surface area (Å²) in [5.74, 6) is -0.305.